The molecule has 1 unspecified atom stereocenters. The molecule has 1 atom stereocenters. The van der Waals surface area contributed by atoms with Gasteiger partial charge in [0.05, 0.1) is 25.4 Å². The highest BCUT2D eigenvalue weighted by Gasteiger charge is 2.24. The van der Waals surface area contributed by atoms with Crippen molar-refractivity contribution in [2.75, 3.05) is 20.3 Å². The number of aliphatic hydroxyl groups excluding tert-OH is 1. The van der Waals surface area contributed by atoms with Crippen LogP contribution in [0, 0.1) is 0 Å². The van der Waals surface area contributed by atoms with Gasteiger partial charge < -0.3 is 19.9 Å². The second kappa shape index (κ2) is 9.77. The van der Waals surface area contributed by atoms with Crippen molar-refractivity contribution in [2.45, 2.75) is 50.9 Å². The van der Waals surface area contributed by atoms with E-state index in [1.54, 1.807) is 49.5 Å². The van der Waals surface area contributed by atoms with Crippen LogP contribution in [-0.4, -0.2) is 58.0 Å². The number of nitrogens with one attached hydrogen (secondary N) is 1. The van der Waals surface area contributed by atoms with Crippen molar-refractivity contribution in [3.8, 4) is 5.82 Å². The van der Waals surface area contributed by atoms with Crippen LogP contribution in [0.25, 0.3) is 5.82 Å². The Labute approximate surface area is 164 Å². The number of rotatable bonds is 8. The summed E-state index contributed by atoms with van der Waals surface area (Å²) in [6.07, 6.45) is 8.10. The average Bonchev–Trinajstić information content (AvgIpc) is 3.24. The molecule has 0 radical (unpaired) electrons. The number of ether oxygens (including phenoxy) is 2. The maximum Gasteiger partial charge on any atom is 0.270 e. The summed E-state index contributed by atoms with van der Waals surface area (Å²) < 4.78 is 12.5. The zero-order valence-electron chi connectivity index (χ0n) is 16.4. The molecule has 0 spiro atoms. The molecule has 3 rings (SSSR count). The van der Waals surface area contributed by atoms with Crippen LogP contribution in [0.15, 0.2) is 30.9 Å². The third-order valence-corrected chi connectivity index (χ3v) is 4.97. The number of hydrogen-bond acceptors (Lipinski definition) is 6. The van der Waals surface area contributed by atoms with E-state index in [9.17, 15) is 9.90 Å². The van der Waals surface area contributed by atoms with Gasteiger partial charge in [-0.15, -0.1) is 0 Å². The van der Waals surface area contributed by atoms with Crippen LogP contribution in [0.3, 0.4) is 0 Å². The van der Waals surface area contributed by atoms with Gasteiger partial charge in [0.25, 0.3) is 5.91 Å². The van der Waals surface area contributed by atoms with Crippen LogP contribution >= 0.6 is 0 Å². The van der Waals surface area contributed by atoms with Gasteiger partial charge in [-0.1, -0.05) is 0 Å². The van der Waals surface area contributed by atoms with Gasteiger partial charge in [-0.3, -0.25) is 9.36 Å². The SMILES string of the molecule is COCCOC1CCC(NC(=O)c2cc(C(C)O)cc(-n3ccnc3)n2)CC1. The van der Waals surface area contributed by atoms with E-state index in [0.717, 1.165) is 25.7 Å². The number of carbonyl (C=O) groups is 1. The van der Waals surface area contributed by atoms with E-state index in [1.165, 1.54) is 0 Å². The normalized spacial score (nSPS) is 20.7. The molecular formula is C20H28N4O4. The van der Waals surface area contributed by atoms with Crippen LogP contribution in [0.4, 0.5) is 0 Å². The summed E-state index contributed by atoms with van der Waals surface area (Å²) in [5, 5.41) is 13.1. The maximum atomic E-state index is 12.8. The molecule has 0 saturated heterocycles. The predicted octanol–water partition coefficient (Wildman–Crippen LogP) is 2.02. The first-order valence-corrected chi connectivity index (χ1v) is 9.66. The third kappa shape index (κ3) is 5.37. The molecule has 1 saturated carbocycles. The lowest BCUT2D eigenvalue weighted by Crippen LogP contribution is -2.39. The highest BCUT2D eigenvalue weighted by atomic mass is 16.5. The molecule has 1 fully saturated rings. The summed E-state index contributed by atoms with van der Waals surface area (Å²) >= 11 is 0. The first kappa shape index (κ1) is 20.4. The minimum Gasteiger partial charge on any atom is -0.389 e. The van der Waals surface area contributed by atoms with Gasteiger partial charge in [0.15, 0.2) is 0 Å². The lowest BCUT2D eigenvalue weighted by molar-refractivity contribution is -0.00409. The van der Waals surface area contributed by atoms with Crippen LogP contribution in [-0.2, 0) is 9.47 Å². The molecule has 2 aromatic heterocycles. The van der Waals surface area contributed by atoms with Crippen molar-refractivity contribution < 1.29 is 19.4 Å². The Morgan fingerprint density at radius 2 is 2.11 bits per heavy atom. The molecule has 8 heteroatoms. The van der Waals surface area contributed by atoms with Crippen LogP contribution in [0.1, 0.15) is 54.8 Å². The molecule has 2 N–H and O–H groups in total. The number of carbonyl (C=O) groups excluding carboxylic acids is 1. The number of amides is 1. The summed E-state index contributed by atoms with van der Waals surface area (Å²) in [5.74, 6) is 0.323. The van der Waals surface area contributed by atoms with E-state index in [0.29, 0.717) is 30.3 Å². The Kier molecular flexibility index (Phi) is 7.13. The predicted molar refractivity (Wildman–Crippen MR) is 103 cm³/mol. The molecular weight excluding hydrogens is 360 g/mol. The maximum absolute atomic E-state index is 12.8. The van der Waals surface area contributed by atoms with Crippen molar-refractivity contribution in [1.82, 2.24) is 19.9 Å². The van der Waals surface area contributed by atoms with E-state index < -0.39 is 6.10 Å². The molecule has 0 bridgehead atoms. The zero-order valence-corrected chi connectivity index (χ0v) is 16.4. The van der Waals surface area contributed by atoms with Crippen LogP contribution < -0.4 is 5.32 Å². The van der Waals surface area contributed by atoms with Crippen molar-refractivity contribution in [2.24, 2.45) is 0 Å². The highest BCUT2D eigenvalue weighted by Crippen LogP contribution is 2.22. The monoisotopic (exact) mass is 388 g/mol. The molecule has 0 aromatic carbocycles. The van der Waals surface area contributed by atoms with Gasteiger partial charge in [-0.05, 0) is 50.3 Å². The Balaban J connectivity index is 1.63. The number of methoxy groups -OCH3 is 1. The lowest BCUT2D eigenvalue weighted by Gasteiger charge is -2.29. The Morgan fingerprint density at radius 1 is 1.32 bits per heavy atom. The highest BCUT2D eigenvalue weighted by molar-refractivity contribution is 5.93. The van der Waals surface area contributed by atoms with Crippen molar-refractivity contribution >= 4 is 5.91 Å². The standard InChI is InChI=1S/C20H28N4O4/c1-14(25)15-11-18(23-19(12-15)24-8-7-21-13-24)20(26)22-16-3-5-17(6-4-16)28-10-9-27-2/h7-8,11-14,16-17,25H,3-6,9-10H2,1-2H3,(H,22,26). The summed E-state index contributed by atoms with van der Waals surface area (Å²) in [7, 11) is 1.66. The summed E-state index contributed by atoms with van der Waals surface area (Å²) in [6.45, 7) is 2.87. The van der Waals surface area contributed by atoms with E-state index in [4.69, 9.17) is 9.47 Å². The number of imidazole rings is 1. The van der Waals surface area contributed by atoms with E-state index in [1.807, 2.05) is 0 Å². The second-order valence-electron chi connectivity index (χ2n) is 7.10. The van der Waals surface area contributed by atoms with E-state index in [2.05, 4.69) is 15.3 Å². The number of aliphatic hydroxyl groups is 1. The summed E-state index contributed by atoms with van der Waals surface area (Å²) in [4.78, 5) is 21.2. The lowest BCUT2D eigenvalue weighted by atomic mass is 9.93. The Morgan fingerprint density at radius 3 is 2.75 bits per heavy atom. The molecule has 2 heterocycles. The van der Waals surface area contributed by atoms with Crippen molar-refractivity contribution in [1.29, 1.82) is 0 Å². The van der Waals surface area contributed by atoms with E-state index >= 15 is 0 Å². The zero-order chi connectivity index (χ0) is 19.9. The largest absolute Gasteiger partial charge is 0.389 e. The van der Waals surface area contributed by atoms with Gasteiger partial charge in [0.1, 0.15) is 17.8 Å². The fourth-order valence-corrected chi connectivity index (χ4v) is 3.35. The Bertz CT molecular complexity index is 756. The van der Waals surface area contributed by atoms with Gasteiger partial charge in [0, 0.05) is 25.5 Å². The van der Waals surface area contributed by atoms with E-state index in [-0.39, 0.29) is 18.1 Å². The fraction of sp³-hybridized carbons (Fsp3) is 0.550. The first-order valence-electron chi connectivity index (χ1n) is 9.66. The van der Waals surface area contributed by atoms with Crippen LogP contribution in [0.5, 0.6) is 0 Å². The minimum absolute atomic E-state index is 0.100. The average molecular weight is 388 g/mol. The minimum atomic E-state index is -0.698. The number of pyridine rings is 1. The topological polar surface area (TPSA) is 98.5 Å². The number of nitrogens with zero attached hydrogens (tertiary/aromatic N) is 3. The fourth-order valence-electron chi connectivity index (χ4n) is 3.35. The van der Waals surface area contributed by atoms with Gasteiger partial charge in [-0.2, -0.15) is 0 Å². The second-order valence-corrected chi connectivity index (χ2v) is 7.10. The van der Waals surface area contributed by atoms with Crippen molar-refractivity contribution in [3.63, 3.8) is 0 Å². The third-order valence-electron chi connectivity index (χ3n) is 4.97. The van der Waals surface area contributed by atoms with Crippen molar-refractivity contribution in [3.05, 3.63) is 42.1 Å². The van der Waals surface area contributed by atoms with Gasteiger partial charge in [0.2, 0.25) is 0 Å². The molecule has 28 heavy (non-hydrogen) atoms. The summed E-state index contributed by atoms with van der Waals surface area (Å²) in [5.41, 5.74) is 0.930. The molecule has 1 amide bonds. The number of hydrogen-bond donors (Lipinski definition) is 2. The number of aromatic nitrogens is 3. The smallest absolute Gasteiger partial charge is 0.270 e. The molecule has 8 nitrogen and oxygen atoms in total. The molecule has 152 valence electrons. The molecule has 1 aliphatic carbocycles. The quantitative estimate of drug-likeness (QED) is 0.672. The van der Waals surface area contributed by atoms with Crippen LogP contribution in [0.2, 0.25) is 0 Å². The van der Waals surface area contributed by atoms with Gasteiger partial charge >= 0.3 is 0 Å². The first-order chi connectivity index (χ1) is 13.6. The Hall–Kier alpha value is -2.29. The molecule has 2 aromatic rings. The van der Waals surface area contributed by atoms with Gasteiger partial charge in [-0.25, -0.2) is 9.97 Å². The molecule has 0 aliphatic heterocycles. The molecule has 1 aliphatic rings. The summed E-state index contributed by atoms with van der Waals surface area (Å²) in [6, 6.07) is 3.49.